The molecular weight excluding hydrogens is 649 g/mol. The summed E-state index contributed by atoms with van der Waals surface area (Å²) in [4.78, 5) is 25.2. The van der Waals surface area contributed by atoms with Gasteiger partial charge in [-0.2, -0.15) is 8.42 Å². The summed E-state index contributed by atoms with van der Waals surface area (Å²) < 4.78 is 46.7. The molecule has 12 heteroatoms. The molecule has 0 fully saturated rings. The second-order valence-electron chi connectivity index (χ2n) is 11.9. The molecule has 0 saturated carbocycles. The minimum absolute atomic E-state index is 0. The molecule has 4 aromatic rings. The number of carbonyl (C=O) groups is 2. The van der Waals surface area contributed by atoms with Crippen molar-refractivity contribution in [3.8, 4) is 22.3 Å². The molecule has 2 N–H and O–H groups in total. The molecule has 250 valence electrons. The second kappa shape index (κ2) is 19.5. The molecule has 0 spiro atoms. The smallest absolute Gasteiger partial charge is 0.550 e. The fraction of sp³-hybridized carbons (Fsp3) is 0.333. The van der Waals surface area contributed by atoms with Crippen LogP contribution in [0.5, 0.6) is 0 Å². The van der Waals surface area contributed by atoms with Gasteiger partial charge in [0.1, 0.15) is 17.3 Å². The van der Waals surface area contributed by atoms with Crippen molar-refractivity contribution in [2.45, 2.75) is 72.1 Å². The van der Waals surface area contributed by atoms with Gasteiger partial charge in [-0.05, 0) is 93.3 Å². The average Bonchev–Trinajstić information content (AvgIpc) is 3.36. The second-order valence-corrected chi connectivity index (χ2v) is 12.0. The zero-order valence-corrected chi connectivity index (χ0v) is 30.6. The van der Waals surface area contributed by atoms with Crippen LogP contribution in [0.15, 0.2) is 72.8 Å². The maximum Gasteiger partial charge on any atom is 1.00 e. The molecule has 0 bridgehead atoms. The van der Waals surface area contributed by atoms with Crippen LogP contribution >= 0.6 is 0 Å². The first kappa shape index (κ1) is 40.7. The molecule has 0 aliphatic rings. The molecule has 48 heavy (non-hydrogen) atoms. The fourth-order valence-corrected chi connectivity index (χ4v) is 5.73. The summed E-state index contributed by atoms with van der Waals surface area (Å²) in [6.07, 6.45) is -0.0230. The quantitative estimate of drug-likeness (QED) is 0.208. The molecule has 0 aliphatic heterocycles. The van der Waals surface area contributed by atoms with E-state index in [1.807, 2.05) is 49.6 Å². The third kappa shape index (κ3) is 11.3. The van der Waals surface area contributed by atoms with E-state index in [0.717, 1.165) is 16.8 Å². The van der Waals surface area contributed by atoms with Crippen LogP contribution in [0.25, 0.3) is 22.3 Å². The molecule has 0 radical (unpaired) electrons. The van der Waals surface area contributed by atoms with Crippen molar-refractivity contribution in [3.63, 3.8) is 0 Å². The number of carboxylic acids is 1. The number of hydrogen-bond donors (Lipinski definition) is 2. The van der Waals surface area contributed by atoms with Crippen LogP contribution in [0.3, 0.4) is 0 Å². The average molecular weight is 689 g/mol. The number of nitrogens with one attached hydrogen (secondary N) is 1. The number of aliphatic hydroxyl groups is 1. The van der Waals surface area contributed by atoms with Gasteiger partial charge in [0, 0.05) is 35.4 Å². The number of carbonyl (C=O) groups excluding carboxylic acids is 2. The van der Waals surface area contributed by atoms with Crippen LogP contribution in [0.4, 0.5) is 8.78 Å². The first-order valence-electron chi connectivity index (χ1n) is 15.3. The maximum absolute atomic E-state index is 14.1. The van der Waals surface area contributed by atoms with E-state index in [2.05, 4.69) is 5.32 Å². The largest absolute Gasteiger partial charge is 1.00 e. The molecule has 1 aromatic heterocycles. The van der Waals surface area contributed by atoms with Gasteiger partial charge in [0.15, 0.2) is 0 Å². The predicted octanol–water partition coefficient (Wildman–Crippen LogP) is 2.71. The first-order chi connectivity index (χ1) is 22.4. The summed E-state index contributed by atoms with van der Waals surface area (Å²) in [5.41, 5.74) is 5.76. The Morgan fingerprint density at radius 2 is 1.38 bits per heavy atom. The van der Waals surface area contributed by atoms with E-state index in [4.69, 9.17) is 8.42 Å². The normalized spacial score (nSPS) is 11.9. The van der Waals surface area contributed by atoms with Crippen LogP contribution in [0.1, 0.15) is 73.4 Å². The van der Waals surface area contributed by atoms with Gasteiger partial charge in [-0.1, -0.05) is 61.0 Å². The first-order valence-corrected chi connectivity index (χ1v) is 15.9. The van der Waals surface area contributed by atoms with Crippen LogP contribution in [0, 0.1) is 24.5 Å². The van der Waals surface area contributed by atoms with Crippen molar-refractivity contribution in [1.29, 1.82) is 0 Å². The Morgan fingerprint density at radius 1 is 0.875 bits per heavy atom. The van der Waals surface area contributed by atoms with E-state index in [9.17, 15) is 28.6 Å². The van der Waals surface area contributed by atoms with E-state index >= 15 is 0 Å². The number of benzene rings is 3. The molecule has 1 heterocycles. The molecule has 1 amide bonds. The third-order valence-electron chi connectivity index (χ3n) is 7.78. The number of aliphatic carboxylic acids is 1. The summed E-state index contributed by atoms with van der Waals surface area (Å²) in [5.74, 6) is -2.59. The molecule has 2 atom stereocenters. The van der Waals surface area contributed by atoms with Crippen molar-refractivity contribution in [1.82, 2.24) is 9.88 Å². The maximum atomic E-state index is 14.1. The number of carboxylic acid groups (broad SMARTS) is 1. The van der Waals surface area contributed by atoms with Crippen LogP contribution in [-0.2, 0) is 29.3 Å². The summed E-state index contributed by atoms with van der Waals surface area (Å²) in [6, 6.07) is 19.6. The molecule has 4 rings (SSSR count). The van der Waals surface area contributed by atoms with E-state index in [1.54, 1.807) is 31.2 Å². The van der Waals surface area contributed by atoms with Crippen molar-refractivity contribution < 1.29 is 66.6 Å². The van der Waals surface area contributed by atoms with Crippen molar-refractivity contribution in [3.05, 3.63) is 107 Å². The monoisotopic (exact) mass is 688 g/mol. The SMILES string of the molecule is Cc1ccc(CNC(=O)c2c(-c3ccc(F)cc3)c(-c3ccc(F)cc3)c(CC[C@H](O)C[C@H](C)CC(=O)[O-])n2C(C)C)cc1.O=S=O.[Na+]. The van der Waals surface area contributed by atoms with E-state index in [0.29, 0.717) is 47.3 Å². The van der Waals surface area contributed by atoms with E-state index in [1.165, 1.54) is 24.3 Å². The van der Waals surface area contributed by atoms with Gasteiger partial charge in [-0.3, -0.25) is 4.79 Å². The number of aromatic nitrogens is 1. The summed E-state index contributed by atoms with van der Waals surface area (Å²) >= 11 is -0.750. The number of aryl methyl sites for hydroxylation is 1. The Morgan fingerprint density at radius 3 is 1.85 bits per heavy atom. The number of aliphatic hydroxyl groups excluding tert-OH is 1. The van der Waals surface area contributed by atoms with Crippen LogP contribution < -0.4 is 40.0 Å². The zero-order valence-electron chi connectivity index (χ0n) is 27.8. The number of amides is 1. The molecule has 0 saturated heterocycles. The van der Waals surface area contributed by atoms with Gasteiger partial charge in [-0.15, -0.1) is 0 Å². The number of nitrogens with zero attached hydrogens (tertiary/aromatic N) is 1. The van der Waals surface area contributed by atoms with Crippen molar-refractivity contribution in [2.75, 3.05) is 0 Å². The Labute approximate surface area is 305 Å². The van der Waals surface area contributed by atoms with Gasteiger partial charge in [-0.25, -0.2) is 8.78 Å². The minimum atomic E-state index is -1.16. The molecule has 3 aromatic carbocycles. The van der Waals surface area contributed by atoms with Gasteiger partial charge in [0.25, 0.3) is 5.91 Å². The molecular formula is C36H39F2N2NaO6S. The number of hydrogen-bond acceptors (Lipinski definition) is 6. The van der Waals surface area contributed by atoms with E-state index in [-0.39, 0.29) is 60.3 Å². The standard InChI is InChI=1S/C36H40F2N2O4.Na.O2S/c1-22(2)40-31(18-17-30(41)19-24(4)20-32(42)43)33(26-9-13-28(37)14-10-26)34(27-11-15-29(38)16-12-27)35(40)36(44)39-21-25-7-5-23(3)6-8-25;;1-3-2/h5-16,22,24,30,41H,17-21H2,1-4H3,(H,39,44)(H,42,43);;/q;+1;/p-1/t24-,30-;;/m0../s1. The van der Waals surface area contributed by atoms with Gasteiger partial charge < -0.3 is 24.9 Å². The molecule has 0 unspecified atom stereocenters. The van der Waals surface area contributed by atoms with Gasteiger partial charge in [0.05, 0.1) is 6.10 Å². The number of rotatable bonds is 13. The Hall–Kier alpha value is -3.48. The minimum Gasteiger partial charge on any atom is -0.550 e. The molecule has 0 aliphatic carbocycles. The summed E-state index contributed by atoms with van der Waals surface area (Å²) in [7, 11) is 0. The molecule has 8 nitrogen and oxygen atoms in total. The Kier molecular flexibility index (Phi) is 16.5. The zero-order chi connectivity index (χ0) is 34.7. The Bertz CT molecular complexity index is 1690. The number of halogens is 2. The predicted molar refractivity (Wildman–Crippen MR) is 175 cm³/mol. The van der Waals surface area contributed by atoms with Crippen LogP contribution in [0.2, 0.25) is 0 Å². The Balaban J connectivity index is 0.00000193. The topological polar surface area (TPSA) is 129 Å². The van der Waals surface area contributed by atoms with Gasteiger partial charge >= 0.3 is 41.1 Å². The van der Waals surface area contributed by atoms with Crippen molar-refractivity contribution >= 4 is 23.4 Å². The van der Waals surface area contributed by atoms with Gasteiger partial charge in [0.2, 0.25) is 0 Å². The van der Waals surface area contributed by atoms with Crippen molar-refractivity contribution in [2.24, 2.45) is 5.92 Å². The van der Waals surface area contributed by atoms with E-state index < -0.39 is 35.3 Å². The van der Waals surface area contributed by atoms with Crippen LogP contribution in [-0.4, -0.2) is 36.1 Å². The summed E-state index contributed by atoms with van der Waals surface area (Å²) in [5, 5.41) is 25.0. The summed E-state index contributed by atoms with van der Waals surface area (Å²) in [6.45, 7) is 7.96. The fourth-order valence-electron chi connectivity index (χ4n) is 5.73. The third-order valence-corrected chi connectivity index (χ3v) is 7.78.